The molecule has 0 radical (unpaired) electrons. The van der Waals surface area contributed by atoms with E-state index in [1.165, 1.54) is 37.1 Å². The molecule has 3 aromatic rings. The van der Waals surface area contributed by atoms with Gasteiger partial charge in [-0.05, 0) is 86.2 Å². The lowest BCUT2D eigenvalue weighted by Crippen LogP contribution is -2.33. The number of likely N-dealkylation sites (tertiary alicyclic amines) is 1. The van der Waals surface area contributed by atoms with Crippen molar-refractivity contribution in [2.45, 2.75) is 26.7 Å². The predicted octanol–water partition coefficient (Wildman–Crippen LogP) is 6.94. The van der Waals surface area contributed by atoms with Crippen molar-refractivity contribution in [3.63, 3.8) is 0 Å². The molecule has 0 spiro atoms. The van der Waals surface area contributed by atoms with Crippen LogP contribution in [0.25, 0.3) is 17.2 Å². The van der Waals surface area contributed by atoms with E-state index in [-0.39, 0.29) is 0 Å². The quantitative estimate of drug-likeness (QED) is 0.408. The normalized spacial score (nSPS) is 15.3. The molecule has 1 aliphatic heterocycles. The van der Waals surface area contributed by atoms with Crippen molar-refractivity contribution >= 4 is 17.7 Å². The molecule has 1 saturated heterocycles. The molecule has 4 rings (SSSR count). The van der Waals surface area contributed by atoms with Crippen LogP contribution < -0.4 is 0 Å². The Kier molecular flexibility index (Phi) is 7.43. The standard InChI is InChI=1S/C29H29ClN2/c1-22-15-17-32(18-16-22)21-23(2)19-25-5-3-24(4-6-25)7-13-29-14-10-27(20-31-29)26-8-11-28(30)12-9-26/h3-6,8-12,14,19-20,22H,15-18,21H2,1-2H3/b23-19+. The fraction of sp³-hybridized carbons (Fsp3) is 0.276. The Balaban J connectivity index is 1.36. The zero-order valence-electron chi connectivity index (χ0n) is 18.8. The van der Waals surface area contributed by atoms with E-state index in [0.29, 0.717) is 0 Å². The van der Waals surface area contributed by atoms with Crippen LogP contribution >= 0.6 is 11.6 Å². The van der Waals surface area contributed by atoms with Crippen LogP contribution in [0, 0.1) is 17.8 Å². The minimum Gasteiger partial charge on any atom is -0.299 e. The third-order valence-corrected chi connectivity index (χ3v) is 6.20. The van der Waals surface area contributed by atoms with Gasteiger partial charge < -0.3 is 0 Å². The van der Waals surface area contributed by atoms with Crippen molar-refractivity contribution in [3.8, 4) is 23.0 Å². The average Bonchev–Trinajstić information content (AvgIpc) is 2.81. The van der Waals surface area contributed by atoms with E-state index in [1.807, 2.05) is 42.6 Å². The Hall–Kier alpha value is -2.86. The summed E-state index contributed by atoms with van der Waals surface area (Å²) in [7, 11) is 0. The molecule has 162 valence electrons. The molecular weight excluding hydrogens is 412 g/mol. The summed E-state index contributed by atoms with van der Waals surface area (Å²) in [5.74, 6) is 7.26. The Morgan fingerprint density at radius 3 is 2.31 bits per heavy atom. The molecule has 2 nitrogen and oxygen atoms in total. The first kappa shape index (κ1) is 22.3. The van der Waals surface area contributed by atoms with Gasteiger partial charge in [0.15, 0.2) is 0 Å². The first-order valence-corrected chi connectivity index (χ1v) is 11.7. The third-order valence-electron chi connectivity index (χ3n) is 5.95. The molecule has 0 bridgehead atoms. The smallest absolute Gasteiger partial charge is 0.113 e. The van der Waals surface area contributed by atoms with Gasteiger partial charge in [-0.15, -0.1) is 0 Å². The first-order chi connectivity index (χ1) is 15.5. The predicted molar refractivity (Wildman–Crippen MR) is 136 cm³/mol. The minimum absolute atomic E-state index is 0.734. The van der Waals surface area contributed by atoms with Gasteiger partial charge in [0.25, 0.3) is 0 Å². The topological polar surface area (TPSA) is 16.1 Å². The SMILES string of the molecule is C/C(=C\c1ccc(C#Cc2ccc(-c3ccc(Cl)cc3)cn2)cc1)CN1CCC(C)CC1. The molecule has 0 saturated carbocycles. The monoisotopic (exact) mass is 440 g/mol. The molecular formula is C29H29ClN2. The van der Waals surface area contributed by atoms with Gasteiger partial charge >= 0.3 is 0 Å². The highest BCUT2D eigenvalue weighted by molar-refractivity contribution is 6.30. The van der Waals surface area contributed by atoms with E-state index in [9.17, 15) is 0 Å². The minimum atomic E-state index is 0.734. The highest BCUT2D eigenvalue weighted by Crippen LogP contribution is 2.21. The number of rotatable bonds is 4. The second-order valence-corrected chi connectivity index (χ2v) is 9.20. The molecule has 0 N–H and O–H groups in total. The average molecular weight is 441 g/mol. The molecule has 2 aromatic carbocycles. The highest BCUT2D eigenvalue weighted by Gasteiger charge is 2.15. The van der Waals surface area contributed by atoms with Crippen molar-refractivity contribution in [1.29, 1.82) is 0 Å². The molecule has 3 heteroatoms. The second kappa shape index (κ2) is 10.6. The fourth-order valence-electron chi connectivity index (χ4n) is 3.98. The molecule has 1 aromatic heterocycles. The van der Waals surface area contributed by atoms with Crippen molar-refractivity contribution in [2.24, 2.45) is 5.92 Å². The number of hydrogen-bond acceptors (Lipinski definition) is 2. The van der Waals surface area contributed by atoms with Crippen LogP contribution in [-0.2, 0) is 0 Å². The number of piperidine rings is 1. The molecule has 1 aliphatic rings. The maximum Gasteiger partial charge on any atom is 0.113 e. The van der Waals surface area contributed by atoms with E-state index < -0.39 is 0 Å². The first-order valence-electron chi connectivity index (χ1n) is 11.3. The van der Waals surface area contributed by atoms with Gasteiger partial charge in [-0.1, -0.05) is 66.4 Å². The molecule has 2 heterocycles. The van der Waals surface area contributed by atoms with Gasteiger partial charge in [0.1, 0.15) is 5.69 Å². The fourth-order valence-corrected chi connectivity index (χ4v) is 4.11. The highest BCUT2D eigenvalue weighted by atomic mass is 35.5. The van der Waals surface area contributed by atoms with Crippen molar-refractivity contribution in [3.05, 3.63) is 94.3 Å². The van der Waals surface area contributed by atoms with Gasteiger partial charge in [0.2, 0.25) is 0 Å². The lowest BCUT2D eigenvalue weighted by atomic mass is 9.99. The summed E-state index contributed by atoms with van der Waals surface area (Å²) >= 11 is 5.96. The number of hydrogen-bond donors (Lipinski definition) is 0. The summed E-state index contributed by atoms with van der Waals surface area (Å²) in [6.45, 7) is 8.08. The third kappa shape index (κ3) is 6.33. The van der Waals surface area contributed by atoms with Crippen molar-refractivity contribution in [2.75, 3.05) is 19.6 Å². The number of halogens is 1. The van der Waals surface area contributed by atoms with E-state index in [0.717, 1.165) is 39.9 Å². The van der Waals surface area contributed by atoms with E-state index >= 15 is 0 Å². The van der Waals surface area contributed by atoms with Crippen LogP contribution in [0.4, 0.5) is 0 Å². The number of nitrogens with zero attached hydrogens (tertiary/aromatic N) is 2. The maximum atomic E-state index is 5.96. The van der Waals surface area contributed by atoms with Crippen LogP contribution in [0.1, 0.15) is 43.5 Å². The molecule has 32 heavy (non-hydrogen) atoms. The molecule has 0 aliphatic carbocycles. The second-order valence-electron chi connectivity index (χ2n) is 8.76. The lowest BCUT2D eigenvalue weighted by Gasteiger charge is -2.30. The van der Waals surface area contributed by atoms with Gasteiger partial charge in [-0.3, -0.25) is 4.90 Å². The lowest BCUT2D eigenvalue weighted by molar-refractivity contribution is 0.207. The van der Waals surface area contributed by atoms with E-state index in [2.05, 4.69) is 65.9 Å². The number of pyridine rings is 1. The van der Waals surface area contributed by atoms with Gasteiger partial charge in [0, 0.05) is 28.9 Å². The van der Waals surface area contributed by atoms with Gasteiger partial charge in [-0.25, -0.2) is 4.98 Å². The summed E-state index contributed by atoms with van der Waals surface area (Å²) in [5.41, 5.74) is 6.53. The summed E-state index contributed by atoms with van der Waals surface area (Å²) in [4.78, 5) is 7.06. The maximum absolute atomic E-state index is 5.96. The van der Waals surface area contributed by atoms with Gasteiger partial charge in [0.05, 0.1) is 0 Å². The largest absolute Gasteiger partial charge is 0.299 e. The van der Waals surface area contributed by atoms with E-state index in [4.69, 9.17) is 11.6 Å². The Bertz CT molecular complexity index is 1110. The van der Waals surface area contributed by atoms with E-state index in [1.54, 1.807) is 0 Å². The Morgan fingerprint density at radius 1 is 0.969 bits per heavy atom. The van der Waals surface area contributed by atoms with Crippen LogP contribution in [0.15, 0.2) is 72.4 Å². The number of benzene rings is 2. The zero-order valence-corrected chi connectivity index (χ0v) is 19.6. The zero-order chi connectivity index (χ0) is 22.3. The Morgan fingerprint density at radius 2 is 1.66 bits per heavy atom. The molecule has 1 fully saturated rings. The van der Waals surface area contributed by atoms with Crippen molar-refractivity contribution < 1.29 is 0 Å². The van der Waals surface area contributed by atoms with Crippen molar-refractivity contribution in [1.82, 2.24) is 9.88 Å². The molecule has 0 unspecified atom stereocenters. The van der Waals surface area contributed by atoms with Gasteiger partial charge in [-0.2, -0.15) is 0 Å². The number of aromatic nitrogens is 1. The van der Waals surface area contributed by atoms with Crippen LogP contribution in [0.3, 0.4) is 0 Å². The summed E-state index contributed by atoms with van der Waals surface area (Å²) in [6.07, 6.45) is 6.78. The Labute approximate surface area is 197 Å². The van der Waals surface area contributed by atoms with Crippen LogP contribution in [-0.4, -0.2) is 29.5 Å². The summed E-state index contributed by atoms with van der Waals surface area (Å²) in [5, 5.41) is 0.734. The van der Waals surface area contributed by atoms with Crippen LogP contribution in [0.5, 0.6) is 0 Å². The van der Waals surface area contributed by atoms with Crippen LogP contribution in [0.2, 0.25) is 5.02 Å². The summed E-state index contributed by atoms with van der Waals surface area (Å²) < 4.78 is 0. The molecule has 0 amide bonds. The summed E-state index contributed by atoms with van der Waals surface area (Å²) in [6, 6.07) is 20.2. The molecule has 0 atom stereocenters.